The molecule has 2 aromatic rings. The molecule has 1 heterocycles. The zero-order valence-electron chi connectivity index (χ0n) is 14.8. The lowest BCUT2D eigenvalue weighted by molar-refractivity contribution is -0.132. The SMILES string of the molecule is CN1CCN(C(=O)CCC(c2ccccc2)c2ccccc2)CC1.Cl. The molecule has 0 spiro atoms. The fraction of sp³-hybridized carbons (Fsp3) is 0.381. The summed E-state index contributed by atoms with van der Waals surface area (Å²) >= 11 is 0. The van der Waals surface area contributed by atoms with Crippen LogP contribution < -0.4 is 0 Å². The fourth-order valence-electron chi connectivity index (χ4n) is 3.38. The topological polar surface area (TPSA) is 23.6 Å². The van der Waals surface area contributed by atoms with E-state index in [0.29, 0.717) is 12.3 Å². The van der Waals surface area contributed by atoms with Gasteiger partial charge in [0.05, 0.1) is 0 Å². The van der Waals surface area contributed by atoms with Crippen LogP contribution in [0, 0.1) is 0 Å². The first kappa shape index (κ1) is 19.5. The van der Waals surface area contributed by atoms with Gasteiger partial charge in [-0.3, -0.25) is 4.79 Å². The van der Waals surface area contributed by atoms with Crippen molar-refractivity contribution in [3.63, 3.8) is 0 Å². The normalized spacial score (nSPS) is 15.0. The van der Waals surface area contributed by atoms with Gasteiger partial charge in [0.15, 0.2) is 0 Å². The number of carbonyl (C=O) groups is 1. The molecule has 134 valence electrons. The third kappa shape index (κ3) is 5.32. The number of piperazine rings is 1. The molecule has 25 heavy (non-hydrogen) atoms. The summed E-state index contributed by atoms with van der Waals surface area (Å²) < 4.78 is 0. The van der Waals surface area contributed by atoms with Crippen LogP contribution in [0.15, 0.2) is 60.7 Å². The highest BCUT2D eigenvalue weighted by Crippen LogP contribution is 2.29. The summed E-state index contributed by atoms with van der Waals surface area (Å²) in [5, 5.41) is 0. The van der Waals surface area contributed by atoms with Crippen LogP contribution in [-0.2, 0) is 4.79 Å². The summed E-state index contributed by atoms with van der Waals surface area (Å²) in [4.78, 5) is 16.9. The van der Waals surface area contributed by atoms with E-state index in [0.717, 1.165) is 32.6 Å². The number of benzene rings is 2. The second kappa shape index (κ2) is 9.59. The van der Waals surface area contributed by atoms with Gasteiger partial charge in [0, 0.05) is 38.5 Å². The smallest absolute Gasteiger partial charge is 0.222 e. The predicted molar refractivity (Wildman–Crippen MR) is 105 cm³/mol. The fourth-order valence-corrected chi connectivity index (χ4v) is 3.38. The number of hydrogen-bond acceptors (Lipinski definition) is 2. The van der Waals surface area contributed by atoms with E-state index in [4.69, 9.17) is 0 Å². The number of carbonyl (C=O) groups excluding carboxylic acids is 1. The first-order valence-electron chi connectivity index (χ1n) is 8.80. The molecule has 1 aliphatic heterocycles. The number of rotatable bonds is 5. The molecular formula is C21H27ClN2O. The van der Waals surface area contributed by atoms with E-state index in [1.54, 1.807) is 0 Å². The quantitative estimate of drug-likeness (QED) is 0.811. The molecule has 1 fully saturated rings. The third-order valence-corrected chi connectivity index (χ3v) is 4.91. The van der Waals surface area contributed by atoms with Crippen LogP contribution in [0.5, 0.6) is 0 Å². The third-order valence-electron chi connectivity index (χ3n) is 4.91. The molecule has 1 saturated heterocycles. The van der Waals surface area contributed by atoms with Crippen molar-refractivity contribution in [3.8, 4) is 0 Å². The van der Waals surface area contributed by atoms with Crippen LogP contribution in [0.25, 0.3) is 0 Å². The number of hydrogen-bond donors (Lipinski definition) is 0. The summed E-state index contributed by atoms with van der Waals surface area (Å²) in [5.41, 5.74) is 2.57. The van der Waals surface area contributed by atoms with E-state index in [9.17, 15) is 4.79 Å². The van der Waals surface area contributed by atoms with Gasteiger partial charge in [-0.2, -0.15) is 0 Å². The van der Waals surface area contributed by atoms with E-state index >= 15 is 0 Å². The second-order valence-corrected chi connectivity index (χ2v) is 6.60. The van der Waals surface area contributed by atoms with Gasteiger partial charge in [-0.05, 0) is 24.6 Å². The Morgan fingerprint density at radius 1 is 0.880 bits per heavy atom. The predicted octanol–water partition coefficient (Wildman–Crippen LogP) is 3.79. The van der Waals surface area contributed by atoms with Crippen molar-refractivity contribution in [2.45, 2.75) is 18.8 Å². The molecule has 2 aromatic carbocycles. The highest BCUT2D eigenvalue weighted by Gasteiger charge is 2.21. The number of nitrogens with zero attached hydrogens (tertiary/aromatic N) is 2. The molecule has 0 bridgehead atoms. The summed E-state index contributed by atoms with van der Waals surface area (Å²) in [5.74, 6) is 0.573. The largest absolute Gasteiger partial charge is 0.340 e. The van der Waals surface area contributed by atoms with Gasteiger partial charge in [0.25, 0.3) is 0 Å². The van der Waals surface area contributed by atoms with Gasteiger partial charge < -0.3 is 9.80 Å². The molecule has 4 heteroatoms. The Kier molecular flexibility index (Phi) is 7.48. The highest BCUT2D eigenvalue weighted by molar-refractivity contribution is 5.85. The Balaban J connectivity index is 0.00000225. The first-order valence-corrected chi connectivity index (χ1v) is 8.80. The maximum Gasteiger partial charge on any atom is 0.222 e. The monoisotopic (exact) mass is 358 g/mol. The van der Waals surface area contributed by atoms with E-state index < -0.39 is 0 Å². The summed E-state index contributed by atoms with van der Waals surface area (Å²) in [6.07, 6.45) is 1.47. The molecule has 0 aliphatic carbocycles. The Bertz CT molecular complexity index is 600. The number of amides is 1. The van der Waals surface area contributed by atoms with Gasteiger partial charge in [-0.15, -0.1) is 12.4 Å². The summed E-state index contributed by atoms with van der Waals surface area (Å²) in [6, 6.07) is 21.1. The number of halogens is 1. The highest BCUT2D eigenvalue weighted by atomic mass is 35.5. The van der Waals surface area contributed by atoms with Gasteiger partial charge in [0.2, 0.25) is 5.91 Å². The Morgan fingerprint density at radius 2 is 1.36 bits per heavy atom. The molecule has 1 aliphatic rings. The summed E-state index contributed by atoms with van der Waals surface area (Å²) in [6.45, 7) is 3.67. The minimum atomic E-state index is 0. The van der Waals surface area contributed by atoms with Crippen LogP contribution in [0.3, 0.4) is 0 Å². The second-order valence-electron chi connectivity index (χ2n) is 6.60. The Morgan fingerprint density at radius 3 is 1.84 bits per heavy atom. The average molecular weight is 359 g/mol. The van der Waals surface area contributed by atoms with Crippen molar-refractivity contribution >= 4 is 18.3 Å². The summed E-state index contributed by atoms with van der Waals surface area (Å²) in [7, 11) is 2.11. The minimum absolute atomic E-state index is 0. The molecule has 0 atom stereocenters. The standard InChI is InChI=1S/C21H26N2O.ClH/c1-22-14-16-23(17-15-22)21(24)13-12-20(18-8-4-2-5-9-18)19-10-6-3-7-11-19;/h2-11,20H,12-17H2,1H3;1H. The maximum absolute atomic E-state index is 12.6. The van der Waals surface area contributed by atoms with Crippen molar-refractivity contribution < 1.29 is 4.79 Å². The molecule has 0 aromatic heterocycles. The van der Waals surface area contributed by atoms with E-state index in [1.807, 2.05) is 17.0 Å². The van der Waals surface area contributed by atoms with Crippen LogP contribution in [-0.4, -0.2) is 48.9 Å². The lowest BCUT2D eigenvalue weighted by Crippen LogP contribution is -2.47. The van der Waals surface area contributed by atoms with Gasteiger partial charge in [0.1, 0.15) is 0 Å². The van der Waals surface area contributed by atoms with E-state index in [2.05, 4.69) is 60.5 Å². The van der Waals surface area contributed by atoms with Crippen molar-refractivity contribution in [2.75, 3.05) is 33.2 Å². The van der Waals surface area contributed by atoms with Crippen LogP contribution in [0.4, 0.5) is 0 Å². The van der Waals surface area contributed by atoms with Crippen molar-refractivity contribution in [2.24, 2.45) is 0 Å². The Hall–Kier alpha value is -1.84. The molecule has 0 N–H and O–H groups in total. The molecule has 0 radical (unpaired) electrons. The molecule has 0 unspecified atom stereocenters. The van der Waals surface area contributed by atoms with Gasteiger partial charge in [-0.1, -0.05) is 60.7 Å². The van der Waals surface area contributed by atoms with Gasteiger partial charge >= 0.3 is 0 Å². The van der Waals surface area contributed by atoms with Crippen LogP contribution in [0.2, 0.25) is 0 Å². The maximum atomic E-state index is 12.6. The average Bonchev–Trinajstić information content (AvgIpc) is 2.64. The van der Waals surface area contributed by atoms with Crippen molar-refractivity contribution in [1.82, 2.24) is 9.80 Å². The molecule has 1 amide bonds. The van der Waals surface area contributed by atoms with Crippen LogP contribution >= 0.6 is 12.4 Å². The lowest BCUT2D eigenvalue weighted by Gasteiger charge is -2.32. The minimum Gasteiger partial charge on any atom is -0.340 e. The molecule has 3 rings (SSSR count). The van der Waals surface area contributed by atoms with Crippen molar-refractivity contribution in [3.05, 3.63) is 71.8 Å². The first-order chi connectivity index (χ1) is 11.7. The Labute approximate surface area is 157 Å². The van der Waals surface area contributed by atoms with E-state index in [-0.39, 0.29) is 18.3 Å². The zero-order valence-corrected chi connectivity index (χ0v) is 15.6. The van der Waals surface area contributed by atoms with Crippen LogP contribution in [0.1, 0.15) is 29.9 Å². The molecular weight excluding hydrogens is 332 g/mol. The van der Waals surface area contributed by atoms with Gasteiger partial charge in [-0.25, -0.2) is 0 Å². The molecule has 0 saturated carbocycles. The number of likely N-dealkylation sites (N-methyl/N-ethyl adjacent to an activating group) is 1. The molecule has 3 nitrogen and oxygen atoms in total. The zero-order chi connectivity index (χ0) is 16.8. The lowest BCUT2D eigenvalue weighted by atomic mass is 9.87. The van der Waals surface area contributed by atoms with E-state index in [1.165, 1.54) is 11.1 Å². The van der Waals surface area contributed by atoms with Crippen molar-refractivity contribution in [1.29, 1.82) is 0 Å².